The third-order valence-corrected chi connectivity index (χ3v) is 5.13. The van der Waals surface area contributed by atoms with Gasteiger partial charge in [0.05, 0.1) is 5.69 Å². The topological polar surface area (TPSA) is 67.3 Å². The lowest BCUT2D eigenvalue weighted by atomic mass is 10.1. The largest absolute Gasteiger partial charge is 0.383 e. The van der Waals surface area contributed by atoms with E-state index in [1.54, 1.807) is 13.8 Å². The van der Waals surface area contributed by atoms with E-state index in [0.717, 1.165) is 17.6 Å². The van der Waals surface area contributed by atoms with Crippen LogP contribution in [0.15, 0.2) is 4.21 Å². The first-order valence-electron chi connectivity index (χ1n) is 4.59. The molecule has 0 aliphatic rings. The fourth-order valence-electron chi connectivity index (χ4n) is 1.11. The minimum Gasteiger partial charge on any atom is -0.383 e. The highest BCUT2D eigenvalue weighted by Gasteiger charge is 2.26. The van der Waals surface area contributed by atoms with Crippen LogP contribution in [0.25, 0.3) is 0 Å². The van der Waals surface area contributed by atoms with Crippen molar-refractivity contribution in [2.45, 2.75) is 37.0 Å². The summed E-state index contributed by atoms with van der Waals surface area (Å²) < 4.78 is 23.1. The molecule has 0 aliphatic heterocycles. The number of aryl methyl sites for hydroxylation is 1. The van der Waals surface area contributed by atoms with Crippen molar-refractivity contribution < 1.29 is 13.5 Å². The molecule has 0 saturated carbocycles. The molecule has 6 heteroatoms. The van der Waals surface area contributed by atoms with Gasteiger partial charge in [-0.15, -0.1) is 11.3 Å². The van der Waals surface area contributed by atoms with E-state index in [2.05, 4.69) is 4.98 Å². The summed E-state index contributed by atoms with van der Waals surface area (Å²) in [5.41, 5.74) is -0.544. The number of aromatic nitrogens is 1. The molecule has 0 amide bonds. The molecular weight excluding hydrogens is 234 g/mol. The Labute approximate surface area is 93.9 Å². The second kappa shape index (κ2) is 3.84. The second-order valence-corrected chi connectivity index (χ2v) is 7.15. The van der Waals surface area contributed by atoms with Crippen LogP contribution in [-0.2, 0) is 21.9 Å². The summed E-state index contributed by atoms with van der Waals surface area (Å²) in [6.07, 6.45) is 1.71. The summed E-state index contributed by atoms with van der Waals surface area (Å²) in [5.74, 6) is 0. The van der Waals surface area contributed by atoms with Gasteiger partial charge in [0.1, 0.15) is 14.8 Å². The molecule has 0 bridgehead atoms. The first-order valence-corrected chi connectivity index (χ1v) is 7.29. The fraction of sp³-hybridized carbons (Fsp3) is 0.667. The van der Waals surface area contributed by atoms with Crippen molar-refractivity contribution in [1.29, 1.82) is 0 Å². The minimum absolute atomic E-state index is 0.266. The van der Waals surface area contributed by atoms with Gasteiger partial charge in [-0.2, -0.15) is 0 Å². The summed E-state index contributed by atoms with van der Waals surface area (Å²) in [6, 6.07) is 0. The van der Waals surface area contributed by atoms with Crippen LogP contribution in [0.5, 0.6) is 0 Å². The van der Waals surface area contributed by atoms with Crippen molar-refractivity contribution in [1.82, 2.24) is 4.98 Å². The maximum atomic E-state index is 11.4. The van der Waals surface area contributed by atoms with Gasteiger partial charge in [0, 0.05) is 6.26 Å². The molecule has 0 fully saturated rings. The van der Waals surface area contributed by atoms with Crippen LogP contribution in [0.4, 0.5) is 0 Å². The standard InChI is InChI=1S/C9H15NO3S2/c1-5-6-7(15(4,12)13)14-8(10-6)9(2,3)11/h11H,5H2,1-4H3. The van der Waals surface area contributed by atoms with Gasteiger partial charge < -0.3 is 5.11 Å². The van der Waals surface area contributed by atoms with E-state index in [4.69, 9.17) is 0 Å². The zero-order valence-corrected chi connectivity index (χ0v) is 10.9. The maximum Gasteiger partial charge on any atom is 0.186 e. The number of thiazole rings is 1. The molecule has 15 heavy (non-hydrogen) atoms. The number of hydrogen-bond acceptors (Lipinski definition) is 5. The lowest BCUT2D eigenvalue weighted by molar-refractivity contribution is 0.0781. The molecule has 0 aromatic carbocycles. The van der Waals surface area contributed by atoms with E-state index in [1.165, 1.54) is 0 Å². The highest BCUT2D eigenvalue weighted by Crippen LogP contribution is 2.31. The van der Waals surface area contributed by atoms with Crippen molar-refractivity contribution in [3.63, 3.8) is 0 Å². The Morgan fingerprint density at radius 1 is 1.47 bits per heavy atom. The molecule has 1 N–H and O–H groups in total. The SMILES string of the molecule is CCc1nc(C(C)(C)O)sc1S(C)(=O)=O. The van der Waals surface area contributed by atoms with Gasteiger partial charge in [-0.3, -0.25) is 0 Å². The summed E-state index contributed by atoms with van der Waals surface area (Å²) in [5, 5.41) is 10.2. The first-order chi connectivity index (χ1) is 6.66. The molecule has 0 radical (unpaired) electrons. The first kappa shape index (κ1) is 12.6. The predicted molar refractivity (Wildman–Crippen MR) is 59.8 cm³/mol. The third kappa shape index (κ3) is 2.76. The Bertz CT molecular complexity index is 454. The molecule has 1 aromatic heterocycles. The van der Waals surface area contributed by atoms with Crippen molar-refractivity contribution in [2.24, 2.45) is 0 Å². The van der Waals surface area contributed by atoms with Crippen molar-refractivity contribution in [3.8, 4) is 0 Å². The van der Waals surface area contributed by atoms with Gasteiger partial charge in [0.15, 0.2) is 9.84 Å². The highest BCUT2D eigenvalue weighted by atomic mass is 32.2. The average Bonchev–Trinajstić information content (AvgIpc) is 2.44. The molecule has 86 valence electrons. The Balaban J connectivity index is 3.37. The van der Waals surface area contributed by atoms with Crippen LogP contribution in [0.2, 0.25) is 0 Å². The van der Waals surface area contributed by atoms with Crippen LogP contribution in [0, 0.1) is 0 Å². The number of nitrogens with zero attached hydrogens (tertiary/aromatic N) is 1. The second-order valence-electron chi connectivity index (χ2n) is 3.94. The number of hydrogen-bond donors (Lipinski definition) is 1. The van der Waals surface area contributed by atoms with E-state index < -0.39 is 15.4 Å². The van der Waals surface area contributed by atoms with Gasteiger partial charge >= 0.3 is 0 Å². The van der Waals surface area contributed by atoms with E-state index in [9.17, 15) is 13.5 Å². The quantitative estimate of drug-likeness (QED) is 0.877. The van der Waals surface area contributed by atoms with Gasteiger partial charge in [0.25, 0.3) is 0 Å². The predicted octanol–water partition coefficient (Wildman–Crippen LogP) is 1.34. The zero-order chi connectivity index (χ0) is 11.9. The zero-order valence-electron chi connectivity index (χ0n) is 9.23. The van der Waals surface area contributed by atoms with Crippen LogP contribution in [0.3, 0.4) is 0 Å². The molecule has 0 aliphatic carbocycles. The van der Waals surface area contributed by atoms with Gasteiger partial charge in [-0.25, -0.2) is 13.4 Å². The maximum absolute atomic E-state index is 11.4. The van der Waals surface area contributed by atoms with Crippen LogP contribution in [0.1, 0.15) is 31.5 Å². The Morgan fingerprint density at radius 2 is 2.00 bits per heavy atom. The smallest absolute Gasteiger partial charge is 0.186 e. The lowest BCUT2D eigenvalue weighted by Crippen LogP contribution is -2.14. The summed E-state index contributed by atoms with van der Waals surface area (Å²) in [6.45, 7) is 5.03. The van der Waals surface area contributed by atoms with Gasteiger partial charge in [-0.05, 0) is 20.3 Å². The lowest BCUT2D eigenvalue weighted by Gasteiger charge is -2.12. The fourth-order valence-corrected chi connectivity index (χ4v) is 3.46. The molecule has 1 aromatic rings. The highest BCUT2D eigenvalue weighted by molar-refractivity contribution is 7.92. The average molecular weight is 249 g/mol. The van der Waals surface area contributed by atoms with Crippen LogP contribution in [-0.4, -0.2) is 24.8 Å². The molecule has 1 rings (SSSR count). The molecule has 4 nitrogen and oxygen atoms in total. The van der Waals surface area contributed by atoms with E-state index in [1.807, 2.05) is 6.92 Å². The Hall–Kier alpha value is -0.460. The van der Waals surface area contributed by atoms with Gasteiger partial charge in [-0.1, -0.05) is 6.92 Å². The van der Waals surface area contributed by atoms with Crippen LogP contribution >= 0.6 is 11.3 Å². The number of rotatable bonds is 3. The normalized spacial score (nSPS) is 13.1. The molecule has 0 spiro atoms. The van der Waals surface area contributed by atoms with Crippen molar-refractivity contribution in [3.05, 3.63) is 10.7 Å². The molecule has 0 unspecified atom stereocenters. The molecule has 0 atom stereocenters. The van der Waals surface area contributed by atoms with E-state index in [-0.39, 0.29) is 4.21 Å². The van der Waals surface area contributed by atoms with Crippen molar-refractivity contribution >= 4 is 21.2 Å². The molecule has 0 saturated heterocycles. The number of sulfone groups is 1. The molecular formula is C9H15NO3S2. The summed E-state index contributed by atoms with van der Waals surface area (Å²) in [7, 11) is -3.24. The monoisotopic (exact) mass is 249 g/mol. The number of aliphatic hydroxyl groups is 1. The van der Waals surface area contributed by atoms with Crippen molar-refractivity contribution in [2.75, 3.05) is 6.26 Å². The minimum atomic E-state index is -3.24. The van der Waals surface area contributed by atoms with Crippen LogP contribution < -0.4 is 0 Å². The van der Waals surface area contributed by atoms with Gasteiger partial charge in [0.2, 0.25) is 0 Å². The van der Waals surface area contributed by atoms with E-state index in [0.29, 0.717) is 17.1 Å². The Morgan fingerprint density at radius 3 is 2.27 bits per heavy atom. The summed E-state index contributed by atoms with van der Waals surface area (Å²) >= 11 is 1.05. The third-order valence-electron chi connectivity index (χ3n) is 1.86. The summed E-state index contributed by atoms with van der Waals surface area (Å²) in [4.78, 5) is 4.16. The Kier molecular flexibility index (Phi) is 3.23. The van der Waals surface area contributed by atoms with E-state index >= 15 is 0 Å². The molecule has 1 heterocycles.